The summed E-state index contributed by atoms with van der Waals surface area (Å²) in [6.07, 6.45) is 2.45. The minimum Gasteiger partial charge on any atom is -0.351 e. The number of anilines is 1. The number of hydrogen-bond donors (Lipinski definition) is 1. The summed E-state index contributed by atoms with van der Waals surface area (Å²) in [6.45, 7) is 5.85. The number of amidine groups is 1. The van der Waals surface area contributed by atoms with E-state index in [1.165, 1.54) is 11.8 Å². The number of rotatable bonds is 3. The van der Waals surface area contributed by atoms with Gasteiger partial charge in [0.15, 0.2) is 5.17 Å². The zero-order valence-corrected chi connectivity index (χ0v) is 14.3. The van der Waals surface area contributed by atoms with Gasteiger partial charge in [0.2, 0.25) is 5.91 Å². The van der Waals surface area contributed by atoms with Crippen LogP contribution in [0.3, 0.4) is 0 Å². The standard InChI is InChI=1S/C17H21N3O2S/c1-11-6-5-7-12(2)15(11)18-14(21)10-13-16(22)19-17(23-13)20-8-3-4-9-20/h5-7,13H,3-4,8-10H2,1-2H3,(H,18,21)/t13-/m1/s1. The summed E-state index contributed by atoms with van der Waals surface area (Å²) in [7, 11) is 0. The van der Waals surface area contributed by atoms with Gasteiger partial charge in [0.25, 0.3) is 5.91 Å². The van der Waals surface area contributed by atoms with E-state index in [-0.39, 0.29) is 18.2 Å². The molecule has 23 heavy (non-hydrogen) atoms. The first-order valence-electron chi connectivity index (χ1n) is 7.95. The number of aliphatic imine (C=N–C) groups is 1. The summed E-state index contributed by atoms with van der Waals surface area (Å²) in [5.74, 6) is -0.320. The molecule has 1 atom stereocenters. The van der Waals surface area contributed by atoms with Crippen molar-refractivity contribution >= 4 is 34.4 Å². The average Bonchev–Trinajstić information content (AvgIpc) is 3.14. The molecule has 2 amide bonds. The van der Waals surface area contributed by atoms with Gasteiger partial charge < -0.3 is 10.2 Å². The Balaban J connectivity index is 1.60. The van der Waals surface area contributed by atoms with Gasteiger partial charge in [-0.05, 0) is 37.8 Å². The predicted molar refractivity (Wildman–Crippen MR) is 93.8 cm³/mol. The number of carbonyl (C=O) groups excluding carboxylic acids is 2. The molecular weight excluding hydrogens is 310 g/mol. The number of para-hydroxylation sites is 1. The maximum atomic E-state index is 12.3. The Bertz CT molecular complexity index is 646. The Kier molecular flexibility index (Phi) is 4.71. The number of aryl methyl sites for hydroxylation is 2. The van der Waals surface area contributed by atoms with Crippen LogP contribution in [0.15, 0.2) is 23.2 Å². The fraction of sp³-hybridized carbons (Fsp3) is 0.471. The molecule has 1 fully saturated rings. The summed E-state index contributed by atoms with van der Waals surface area (Å²) in [4.78, 5) is 30.6. The summed E-state index contributed by atoms with van der Waals surface area (Å²) in [5, 5.41) is 3.34. The molecule has 2 aliphatic rings. The molecule has 1 N–H and O–H groups in total. The fourth-order valence-electron chi connectivity index (χ4n) is 2.92. The van der Waals surface area contributed by atoms with Crippen molar-refractivity contribution < 1.29 is 9.59 Å². The van der Waals surface area contributed by atoms with E-state index in [2.05, 4.69) is 15.2 Å². The van der Waals surface area contributed by atoms with Gasteiger partial charge >= 0.3 is 0 Å². The van der Waals surface area contributed by atoms with Crippen LogP contribution in [0, 0.1) is 13.8 Å². The average molecular weight is 331 g/mol. The molecule has 0 saturated carbocycles. The SMILES string of the molecule is Cc1cccc(C)c1NC(=O)C[C@H]1SC(N2CCCC2)=NC1=O. The van der Waals surface area contributed by atoms with Gasteiger partial charge in [-0.15, -0.1) is 0 Å². The van der Waals surface area contributed by atoms with Crippen molar-refractivity contribution in [3.63, 3.8) is 0 Å². The second-order valence-electron chi connectivity index (χ2n) is 6.05. The second kappa shape index (κ2) is 6.74. The second-order valence-corrected chi connectivity index (χ2v) is 7.22. The number of carbonyl (C=O) groups is 2. The maximum absolute atomic E-state index is 12.3. The molecule has 1 aromatic rings. The van der Waals surface area contributed by atoms with Crippen LogP contribution in [0.25, 0.3) is 0 Å². The van der Waals surface area contributed by atoms with Gasteiger partial charge in [-0.1, -0.05) is 30.0 Å². The molecule has 0 bridgehead atoms. The molecule has 5 nitrogen and oxygen atoms in total. The highest BCUT2D eigenvalue weighted by Gasteiger charge is 2.33. The third kappa shape index (κ3) is 3.58. The van der Waals surface area contributed by atoms with E-state index in [0.717, 1.165) is 47.9 Å². The molecule has 122 valence electrons. The number of nitrogens with zero attached hydrogens (tertiary/aromatic N) is 2. The molecule has 2 aliphatic heterocycles. The van der Waals surface area contributed by atoms with E-state index in [1.807, 2.05) is 32.0 Å². The summed E-state index contributed by atoms with van der Waals surface area (Å²) in [6, 6.07) is 5.90. The zero-order chi connectivity index (χ0) is 16.4. The van der Waals surface area contributed by atoms with Crippen LogP contribution in [0.1, 0.15) is 30.4 Å². The fourth-order valence-corrected chi connectivity index (χ4v) is 4.04. The summed E-state index contributed by atoms with van der Waals surface area (Å²) < 4.78 is 0. The van der Waals surface area contributed by atoms with Crippen molar-refractivity contribution in [2.75, 3.05) is 18.4 Å². The van der Waals surface area contributed by atoms with E-state index < -0.39 is 5.25 Å². The third-order valence-corrected chi connectivity index (χ3v) is 5.43. The molecule has 0 radical (unpaired) electrons. The molecule has 0 aromatic heterocycles. The van der Waals surface area contributed by atoms with Crippen LogP contribution in [0.2, 0.25) is 0 Å². The van der Waals surface area contributed by atoms with Crippen molar-refractivity contribution in [2.24, 2.45) is 4.99 Å². The Morgan fingerprint density at radius 3 is 2.61 bits per heavy atom. The lowest BCUT2D eigenvalue weighted by Gasteiger charge is -2.16. The topological polar surface area (TPSA) is 61.8 Å². The van der Waals surface area contributed by atoms with Crippen molar-refractivity contribution in [3.05, 3.63) is 29.3 Å². The van der Waals surface area contributed by atoms with Gasteiger partial charge in [-0.3, -0.25) is 9.59 Å². The maximum Gasteiger partial charge on any atom is 0.262 e. The van der Waals surface area contributed by atoms with Crippen LogP contribution in [0.5, 0.6) is 0 Å². The molecule has 0 unspecified atom stereocenters. The molecule has 1 aromatic carbocycles. The van der Waals surface area contributed by atoms with Crippen LogP contribution in [0.4, 0.5) is 5.69 Å². The minimum absolute atomic E-state index is 0.133. The highest BCUT2D eigenvalue weighted by atomic mass is 32.2. The van der Waals surface area contributed by atoms with Gasteiger partial charge in [-0.2, -0.15) is 4.99 Å². The first-order valence-corrected chi connectivity index (χ1v) is 8.83. The number of likely N-dealkylation sites (tertiary alicyclic amines) is 1. The van der Waals surface area contributed by atoms with E-state index >= 15 is 0 Å². The largest absolute Gasteiger partial charge is 0.351 e. The molecular formula is C17H21N3O2S. The monoisotopic (exact) mass is 331 g/mol. The number of benzene rings is 1. The molecule has 1 saturated heterocycles. The van der Waals surface area contributed by atoms with Crippen molar-refractivity contribution in [3.8, 4) is 0 Å². The lowest BCUT2D eigenvalue weighted by molar-refractivity contribution is -0.121. The molecule has 3 rings (SSSR count). The van der Waals surface area contributed by atoms with E-state index in [0.29, 0.717) is 0 Å². The van der Waals surface area contributed by atoms with Crippen molar-refractivity contribution in [1.82, 2.24) is 4.90 Å². The summed E-state index contributed by atoms with van der Waals surface area (Å²) >= 11 is 1.43. The normalized spacial score (nSPS) is 20.8. The van der Waals surface area contributed by atoms with Gasteiger partial charge in [0.05, 0.1) is 0 Å². The smallest absolute Gasteiger partial charge is 0.262 e. The Morgan fingerprint density at radius 2 is 1.96 bits per heavy atom. The highest BCUT2D eigenvalue weighted by Crippen LogP contribution is 2.29. The lowest BCUT2D eigenvalue weighted by Crippen LogP contribution is -2.25. The van der Waals surface area contributed by atoms with Crippen LogP contribution >= 0.6 is 11.8 Å². The van der Waals surface area contributed by atoms with Gasteiger partial charge in [-0.25, -0.2) is 0 Å². The van der Waals surface area contributed by atoms with E-state index in [1.54, 1.807) is 0 Å². The highest BCUT2D eigenvalue weighted by molar-refractivity contribution is 8.15. The molecule has 2 heterocycles. The van der Waals surface area contributed by atoms with Crippen molar-refractivity contribution in [1.29, 1.82) is 0 Å². The Labute approximate surface area is 140 Å². The quantitative estimate of drug-likeness (QED) is 0.925. The van der Waals surface area contributed by atoms with Crippen LogP contribution < -0.4 is 5.32 Å². The first-order chi connectivity index (χ1) is 11.0. The molecule has 0 spiro atoms. The molecule has 6 heteroatoms. The number of amides is 2. The van der Waals surface area contributed by atoms with Crippen LogP contribution in [-0.2, 0) is 9.59 Å². The third-order valence-electron chi connectivity index (χ3n) is 4.22. The lowest BCUT2D eigenvalue weighted by atomic mass is 10.1. The minimum atomic E-state index is -0.394. The molecule has 0 aliphatic carbocycles. The van der Waals surface area contributed by atoms with E-state index in [4.69, 9.17) is 0 Å². The Morgan fingerprint density at radius 1 is 1.30 bits per heavy atom. The number of nitrogens with one attached hydrogen (secondary N) is 1. The van der Waals surface area contributed by atoms with E-state index in [9.17, 15) is 9.59 Å². The summed E-state index contributed by atoms with van der Waals surface area (Å²) in [5.41, 5.74) is 2.89. The Hall–Kier alpha value is -1.82. The first kappa shape index (κ1) is 16.1. The van der Waals surface area contributed by atoms with Gasteiger partial charge in [0, 0.05) is 25.2 Å². The number of hydrogen-bond acceptors (Lipinski definition) is 4. The van der Waals surface area contributed by atoms with Crippen molar-refractivity contribution in [2.45, 2.75) is 38.4 Å². The van der Waals surface area contributed by atoms with Crippen LogP contribution in [-0.4, -0.2) is 40.2 Å². The number of thioether (sulfide) groups is 1. The van der Waals surface area contributed by atoms with Gasteiger partial charge in [0.1, 0.15) is 5.25 Å². The zero-order valence-electron chi connectivity index (χ0n) is 13.5. The predicted octanol–water partition coefficient (Wildman–Crippen LogP) is 2.73.